The number of hydrogen-bond acceptors (Lipinski definition) is 3. The maximum Gasteiger partial charge on any atom is 0.407 e. The highest BCUT2D eigenvalue weighted by molar-refractivity contribution is 14.1. The molecular weight excluding hydrogens is 407 g/mol. The van der Waals surface area contributed by atoms with Gasteiger partial charge in [-0.15, -0.1) is 0 Å². The van der Waals surface area contributed by atoms with Gasteiger partial charge in [-0.2, -0.15) is 0 Å². The van der Waals surface area contributed by atoms with Gasteiger partial charge in [-0.3, -0.25) is 4.79 Å². The Morgan fingerprint density at radius 2 is 2.00 bits per heavy atom. The van der Waals surface area contributed by atoms with E-state index < -0.39 is 6.09 Å². The minimum absolute atomic E-state index is 0.135. The molecule has 1 unspecified atom stereocenters. The first-order chi connectivity index (χ1) is 10.8. The normalized spacial score (nSPS) is 11.9. The third kappa shape index (κ3) is 7.20. The van der Waals surface area contributed by atoms with Crippen LogP contribution in [0.25, 0.3) is 0 Å². The first-order valence-corrected chi connectivity index (χ1v) is 8.89. The van der Waals surface area contributed by atoms with E-state index >= 15 is 0 Å². The summed E-state index contributed by atoms with van der Waals surface area (Å²) in [6, 6.07) is 5.45. The molecule has 5 nitrogen and oxygen atoms in total. The summed E-state index contributed by atoms with van der Waals surface area (Å²) in [7, 11) is 0. The van der Waals surface area contributed by atoms with Crippen LogP contribution in [0.2, 0.25) is 0 Å². The van der Waals surface area contributed by atoms with Crippen molar-refractivity contribution in [2.45, 2.75) is 40.2 Å². The molecule has 0 fully saturated rings. The lowest BCUT2D eigenvalue weighted by atomic mass is 10.0. The van der Waals surface area contributed by atoms with E-state index in [9.17, 15) is 9.59 Å². The van der Waals surface area contributed by atoms with Gasteiger partial charge in [0.05, 0.1) is 6.61 Å². The van der Waals surface area contributed by atoms with Crippen molar-refractivity contribution in [3.05, 3.63) is 32.9 Å². The van der Waals surface area contributed by atoms with Gasteiger partial charge >= 0.3 is 6.09 Å². The lowest BCUT2D eigenvalue weighted by molar-refractivity contribution is 0.0944. The number of rotatable bonds is 7. The third-order valence-electron chi connectivity index (χ3n) is 3.28. The van der Waals surface area contributed by atoms with Crippen LogP contribution in [0.3, 0.4) is 0 Å². The monoisotopic (exact) mass is 432 g/mol. The van der Waals surface area contributed by atoms with Crippen LogP contribution >= 0.6 is 22.6 Å². The molecular formula is C17H25IN2O3. The number of carbonyl (C=O) groups excluding carboxylic acids is 2. The number of benzene rings is 1. The zero-order chi connectivity index (χ0) is 17.4. The Kier molecular flexibility index (Phi) is 8.36. The van der Waals surface area contributed by atoms with Gasteiger partial charge in [-0.05, 0) is 72.5 Å². The molecule has 23 heavy (non-hydrogen) atoms. The molecule has 1 atom stereocenters. The van der Waals surface area contributed by atoms with Crippen LogP contribution in [0.4, 0.5) is 4.79 Å². The zero-order valence-corrected chi connectivity index (χ0v) is 16.3. The molecule has 128 valence electrons. The van der Waals surface area contributed by atoms with Gasteiger partial charge in [-0.25, -0.2) is 4.79 Å². The van der Waals surface area contributed by atoms with Crippen molar-refractivity contribution in [1.29, 1.82) is 0 Å². The van der Waals surface area contributed by atoms with E-state index in [4.69, 9.17) is 4.74 Å². The van der Waals surface area contributed by atoms with Crippen LogP contribution < -0.4 is 10.6 Å². The Hall–Kier alpha value is -1.31. The predicted molar refractivity (Wildman–Crippen MR) is 99.6 cm³/mol. The average Bonchev–Trinajstić information content (AvgIpc) is 2.47. The number of aryl methyl sites for hydroxylation is 1. The quantitative estimate of drug-likeness (QED) is 0.649. The first-order valence-electron chi connectivity index (χ1n) is 7.81. The Morgan fingerprint density at radius 3 is 2.57 bits per heavy atom. The molecule has 0 heterocycles. The van der Waals surface area contributed by atoms with E-state index in [1.807, 2.05) is 19.1 Å². The molecule has 0 spiro atoms. The number of alkyl carbamates (subject to hydrolysis) is 1. The number of ether oxygens (including phenoxy) is 1. The van der Waals surface area contributed by atoms with Crippen LogP contribution in [0.15, 0.2) is 18.2 Å². The van der Waals surface area contributed by atoms with Crippen LogP contribution in [0, 0.1) is 16.4 Å². The van der Waals surface area contributed by atoms with Crippen molar-refractivity contribution in [2.75, 3.05) is 13.2 Å². The van der Waals surface area contributed by atoms with Gasteiger partial charge in [0, 0.05) is 21.7 Å². The minimum Gasteiger partial charge on any atom is -0.450 e. The van der Waals surface area contributed by atoms with E-state index in [1.165, 1.54) is 0 Å². The molecule has 0 saturated carbocycles. The van der Waals surface area contributed by atoms with Gasteiger partial charge in [0.15, 0.2) is 0 Å². The van der Waals surface area contributed by atoms with Gasteiger partial charge in [0.2, 0.25) is 0 Å². The van der Waals surface area contributed by atoms with E-state index in [-0.39, 0.29) is 11.9 Å². The van der Waals surface area contributed by atoms with Gasteiger partial charge < -0.3 is 15.4 Å². The molecule has 0 aliphatic rings. The van der Waals surface area contributed by atoms with E-state index in [2.05, 4.69) is 47.1 Å². The van der Waals surface area contributed by atoms with Crippen molar-refractivity contribution in [3.63, 3.8) is 0 Å². The van der Waals surface area contributed by atoms with Crippen molar-refractivity contribution in [2.24, 2.45) is 5.92 Å². The molecule has 1 rings (SSSR count). The zero-order valence-electron chi connectivity index (χ0n) is 14.1. The van der Waals surface area contributed by atoms with Crippen molar-refractivity contribution < 1.29 is 14.3 Å². The van der Waals surface area contributed by atoms with Gasteiger partial charge in [0.1, 0.15) is 0 Å². The number of halogens is 1. The fraction of sp³-hybridized carbons (Fsp3) is 0.529. The van der Waals surface area contributed by atoms with Crippen molar-refractivity contribution >= 4 is 34.6 Å². The molecule has 2 amide bonds. The standard InChI is InChI=1S/C17H25IN2O3/c1-5-23-17(22)20-14(8-11(2)3)10-19-16(21)13-6-7-15(18)12(4)9-13/h6-7,9,11,14H,5,8,10H2,1-4H3,(H,19,21)(H,20,22). The predicted octanol–water partition coefficient (Wildman–Crippen LogP) is 3.49. The third-order valence-corrected chi connectivity index (χ3v) is 4.49. The van der Waals surface area contributed by atoms with Gasteiger partial charge in [-0.1, -0.05) is 13.8 Å². The lowest BCUT2D eigenvalue weighted by Gasteiger charge is -2.20. The highest BCUT2D eigenvalue weighted by Crippen LogP contribution is 2.13. The lowest BCUT2D eigenvalue weighted by Crippen LogP contribution is -2.44. The second kappa shape index (κ2) is 9.75. The largest absolute Gasteiger partial charge is 0.450 e. The molecule has 2 N–H and O–H groups in total. The summed E-state index contributed by atoms with van der Waals surface area (Å²) in [4.78, 5) is 23.8. The summed E-state index contributed by atoms with van der Waals surface area (Å²) in [5.41, 5.74) is 1.70. The summed E-state index contributed by atoms with van der Waals surface area (Å²) in [6.45, 7) is 8.59. The summed E-state index contributed by atoms with van der Waals surface area (Å²) in [5.74, 6) is 0.267. The molecule has 0 saturated heterocycles. The Labute approximate surface area is 151 Å². The molecule has 1 aromatic rings. The first kappa shape index (κ1) is 19.7. The maximum absolute atomic E-state index is 12.3. The van der Waals surface area contributed by atoms with E-state index in [0.717, 1.165) is 15.6 Å². The summed E-state index contributed by atoms with van der Waals surface area (Å²) >= 11 is 2.24. The number of carbonyl (C=O) groups is 2. The molecule has 1 aromatic carbocycles. The number of hydrogen-bond donors (Lipinski definition) is 2. The summed E-state index contributed by atoms with van der Waals surface area (Å²) in [6.07, 6.45) is 0.322. The molecule has 0 radical (unpaired) electrons. The molecule has 0 aliphatic carbocycles. The highest BCUT2D eigenvalue weighted by Gasteiger charge is 2.16. The number of nitrogens with one attached hydrogen (secondary N) is 2. The van der Waals surface area contributed by atoms with Crippen LogP contribution in [-0.4, -0.2) is 31.2 Å². The van der Waals surface area contributed by atoms with E-state index in [1.54, 1.807) is 13.0 Å². The molecule has 0 aromatic heterocycles. The van der Waals surface area contributed by atoms with Crippen LogP contribution in [0.1, 0.15) is 43.1 Å². The molecule has 0 aliphatic heterocycles. The number of amides is 2. The topological polar surface area (TPSA) is 67.4 Å². The smallest absolute Gasteiger partial charge is 0.407 e. The van der Waals surface area contributed by atoms with Gasteiger partial charge in [0.25, 0.3) is 5.91 Å². The molecule has 6 heteroatoms. The summed E-state index contributed by atoms with van der Waals surface area (Å²) in [5, 5.41) is 5.69. The van der Waals surface area contributed by atoms with Crippen LogP contribution in [-0.2, 0) is 4.74 Å². The van der Waals surface area contributed by atoms with Crippen molar-refractivity contribution in [3.8, 4) is 0 Å². The fourth-order valence-electron chi connectivity index (χ4n) is 2.21. The van der Waals surface area contributed by atoms with E-state index in [0.29, 0.717) is 24.6 Å². The highest BCUT2D eigenvalue weighted by atomic mass is 127. The summed E-state index contributed by atoms with van der Waals surface area (Å²) < 4.78 is 6.04. The SMILES string of the molecule is CCOC(=O)NC(CNC(=O)c1ccc(I)c(C)c1)CC(C)C. The fourth-order valence-corrected chi connectivity index (χ4v) is 2.54. The Morgan fingerprint density at radius 1 is 1.30 bits per heavy atom. The average molecular weight is 432 g/mol. The second-order valence-electron chi connectivity index (χ2n) is 5.87. The maximum atomic E-state index is 12.3. The van der Waals surface area contributed by atoms with Crippen molar-refractivity contribution in [1.82, 2.24) is 10.6 Å². The molecule has 0 bridgehead atoms. The Bertz CT molecular complexity index is 547. The Balaban J connectivity index is 2.63. The second-order valence-corrected chi connectivity index (χ2v) is 7.03. The minimum atomic E-state index is -0.447. The van der Waals surface area contributed by atoms with Crippen LogP contribution in [0.5, 0.6) is 0 Å².